The molecule has 1 aliphatic carbocycles. The molecule has 0 heterocycles. The lowest BCUT2D eigenvalue weighted by atomic mass is 9.91. The zero-order chi connectivity index (χ0) is 12.4. The Kier molecular flexibility index (Phi) is 3.22. The Morgan fingerprint density at radius 2 is 2.18 bits per heavy atom. The monoisotopic (exact) mass is 234 g/mol. The fourth-order valence-corrected chi connectivity index (χ4v) is 2.04. The highest BCUT2D eigenvalue weighted by Gasteiger charge is 2.23. The van der Waals surface area contributed by atoms with E-state index in [9.17, 15) is 4.79 Å². The topological polar surface area (TPSA) is 55.6 Å². The molecular formula is C13H18N2O2. The van der Waals surface area contributed by atoms with Crippen molar-refractivity contribution in [3.05, 3.63) is 23.8 Å². The average molecular weight is 234 g/mol. The number of esters is 1. The van der Waals surface area contributed by atoms with Crippen molar-refractivity contribution in [1.29, 1.82) is 0 Å². The van der Waals surface area contributed by atoms with Gasteiger partial charge in [-0.3, -0.25) is 0 Å². The standard InChI is InChI=1S/C13H18N2O2/c1-15(9-4-3-5-9)10-6-7-12(14)11(8-10)13(16)17-2/h6-9H,3-5,14H2,1-2H3. The minimum absolute atomic E-state index is 0.383. The molecule has 0 spiro atoms. The number of carbonyl (C=O) groups is 1. The summed E-state index contributed by atoms with van der Waals surface area (Å²) in [6.45, 7) is 0. The normalized spacial score (nSPS) is 15.2. The van der Waals surface area contributed by atoms with Crippen LogP contribution in [-0.4, -0.2) is 26.2 Å². The van der Waals surface area contributed by atoms with Gasteiger partial charge in [-0.25, -0.2) is 4.79 Å². The predicted octanol–water partition coefficient (Wildman–Crippen LogP) is 2.04. The van der Waals surface area contributed by atoms with Crippen molar-refractivity contribution in [2.24, 2.45) is 0 Å². The van der Waals surface area contributed by atoms with Crippen molar-refractivity contribution in [2.75, 3.05) is 24.8 Å². The SMILES string of the molecule is COC(=O)c1cc(N(C)C2CCC2)ccc1N. The number of hydrogen-bond donors (Lipinski definition) is 1. The van der Waals surface area contributed by atoms with Gasteiger partial charge in [0.05, 0.1) is 12.7 Å². The number of carbonyl (C=O) groups excluding carboxylic acids is 1. The fraction of sp³-hybridized carbons (Fsp3) is 0.462. The number of ether oxygens (including phenoxy) is 1. The van der Waals surface area contributed by atoms with E-state index in [1.165, 1.54) is 26.4 Å². The number of rotatable bonds is 3. The van der Waals surface area contributed by atoms with E-state index in [0.717, 1.165) is 5.69 Å². The molecule has 2 rings (SSSR count). The van der Waals surface area contributed by atoms with Crippen LogP contribution in [0.4, 0.5) is 11.4 Å². The molecule has 0 amide bonds. The second-order valence-corrected chi connectivity index (χ2v) is 4.46. The molecule has 0 aromatic heterocycles. The van der Waals surface area contributed by atoms with Crippen molar-refractivity contribution in [1.82, 2.24) is 0 Å². The summed E-state index contributed by atoms with van der Waals surface area (Å²) < 4.78 is 4.72. The third-order valence-corrected chi connectivity index (χ3v) is 3.47. The van der Waals surface area contributed by atoms with Crippen LogP contribution in [0, 0.1) is 0 Å². The molecule has 92 valence electrons. The van der Waals surface area contributed by atoms with E-state index in [1.54, 1.807) is 12.1 Å². The van der Waals surface area contributed by atoms with Crippen LogP contribution in [-0.2, 0) is 4.74 Å². The number of nitrogens with two attached hydrogens (primary N) is 1. The number of anilines is 2. The van der Waals surface area contributed by atoms with Gasteiger partial charge < -0.3 is 15.4 Å². The molecule has 1 aromatic rings. The Morgan fingerprint density at radius 1 is 1.47 bits per heavy atom. The molecule has 0 radical (unpaired) electrons. The molecule has 0 atom stereocenters. The zero-order valence-electron chi connectivity index (χ0n) is 10.3. The zero-order valence-corrected chi connectivity index (χ0v) is 10.3. The van der Waals surface area contributed by atoms with Crippen LogP contribution < -0.4 is 10.6 Å². The maximum atomic E-state index is 11.5. The summed E-state index contributed by atoms with van der Waals surface area (Å²) in [4.78, 5) is 13.7. The minimum atomic E-state index is -0.383. The maximum Gasteiger partial charge on any atom is 0.340 e. The van der Waals surface area contributed by atoms with Crippen LogP contribution in [0.1, 0.15) is 29.6 Å². The summed E-state index contributed by atoms with van der Waals surface area (Å²) in [5.74, 6) is -0.383. The largest absolute Gasteiger partial charge is 0.465 e. The predicted molar refractivity (Wildman–Crippen MR) is 68.2 cm³/mol. The fourth-order valence-electron chi connectivity index (χ4n) is 2.04. The van der Waals surface area contributed by atoms with Gasteiger partial charge in [0.15, 0.2) is 0 Å². The van der Waals surface area contributed by atoms with Crippen LogP contribution in [0.25, 0.3) is 0 Å². The molecule has 4 heteroatoms. The van der Waals surface area contributed by atoms with Gasteiger partial charge in [0, 0.05) is 24.5 Å². The molecule has 0 aliphatic heterocycles. The second-order valence-electron chi connectivity index (χ2n) is 4.46. The van der Waals surface area contributed by atoms with Crippen molar-refractivity contribution < 1.29 is 9.53 Å². The molecular weight excluding hydrogens is 216 g/mol. The number of nitrogen functional groups attached to an aromatic ring is 1. The minimum Gasteiger partial charge on any atom is -0.465 e. The molecule has 17 heavy (non-hydrogen) atoms. The van der Waals surface area contributed by atoms with E-state index in [0.29, 0.717) is 17.3 Å². The lowest BCUT2D eigenvalue weighted by molar-refractivity contribution is 0.0602. The third-order valence-electron chi connectivity index (χ3n) is 3.47. The maximum absolute atomic E-state index is 11.5. The molecule has 0 saturated heterocycles. The van der Waals surface area contributed by atoms with Crippen molar-refractivity contribution in [3.63, 3.8) is 0 Å². The van der Waals surface area contributed by atoms with Crippen LogP contribution in [0.5, 0.6) is 0 Å². The summed E-state index contributed by atoms with van der Waals surface area (Å²) >= 11 is 0. The van der Waals surface area contributed by atoms with Crippen LogP contribution in [0.2, 0.25) is 0 Å². The van der Waals surface area contributed by atoms with Crippen molar-refractivity contribution in [3.8, 4) is 0 Å². The van der Waals surface area contributed by atoms with Gasteiger partial charge in [-0.05, 0) is 37.5 Å². The molecule has 0 unspecified atom stereocenters. The highest BCUT2D eigenvalue weighted by atomic mass is 16.5. The Morgan fingerprint density at radius 3 is 2.71 bits per heavy atom. The highest BCUT2D eigenvalue weighted by Crippen LogP contribution is 2.29. The van der Waals surface area contributed by atoms with Crippen LogP contribution >= 0.6 is 0 Å². The van der Waals surface area contributed by atoms with Gasteiger partial charge in [0.25, 0.3) is 0 Å². The lowest BCUT2D eigenvalue weighted by Gasteiger charge is -2.36. The van der Waals surface area contributed by atoms with Gasteiger partial charge in [-0.1, -0.05) is 0 Å². The van der Waals surface area contributed by atoms with E-state index in [1.807, 2.05) is 6.07 Å². The smallest absolute Gasteiger partial charge is 0.340 e. The Bertz CT molecular complexity index is 427. The van der Waals surface area contributed by atoms with Gasteiger partial charge >= 0.3 is 5.97 Å². The lowest BCUT2D eigenvalue weighted by Crippen LogP contribution is -2.37. The van der Waals surface area contributed by atoms with Gasteiger partial charge in [0.2, 0.25) is 0 Å². The molecule has 1 saturated carbocycles. The van der Waals surface area contributed by atoms with E-state index >= 15 is 0 Å². The van der Waals surface area contributed by atoms with Crippen molar-refractivity contribution in [2.45, 2.75) is 25.3 Å². The van der Waals surface area contributed by atoms with Gasteiger partial charge in [-0.15, -0.1) is 0 Å². The second kappa shape index (κ2) is 4.65. The van der Waals surface area contributed by atoms with Gasteiger partial charge in [0.1, 0.15) is 0 Å². The highest BCUT2D eigenvalue weighted by molar-refractivity contribution is 5.96. The van der Waals surface area contributed by atoms with E-state index in [-0.39, 0.29) is 5.97 Å². The first kappa shape index (κ1) is 11.8. The number of nitrogens with zero attached hydrogens (tertiary/aromatic N) is 1. The summed E-state index contributed by atoms with van der Waals surface area (Å²) in [5, 5.41) is 0. The number of hydrogen-bond acceptors (Lipinski definition) is 4. The summed E-state index contributed by atoms with van der Waals surface area (Å²) in [7, 11) is 3.42. The first-order valence-corrected chi connectivity index (χ1v) is 5.84. The van der Waals surface area contributed by atoms with E-state index < -0.39 is 0 Å². The van der Waals surface area contributed by atoms with Crippen LogP contribution in [0.3, 0.4) is 0 Å². The van der Waals surface area contributed by atoms with Gasteiger partial charge in [-0.2, -0.15) is 0 Å². The summed E-state index contributed by atoms with van der Waals surface area (Å²) in [5.41, 5.74) is 7.69. The number of benzene rings is 1. The van der Waals surface area contributed by atoms with Crippen LogP contribution in [0.15, 0.2) is 18.2 Å². The molecule has 4 nitrogen and oxygen atoms in total. The average Bonchev–Trinajstić information content (AvgIpc) is 2.26. The van der Waals surface area contributed by atoms with Crippen molar-refractivity contribution >= 4 is 17.3 Å². The molecule has 1 aromatic carbocycles. The Balaban J connectivity index is 2.26. The molecule has 0 bridgehead atoms. The van der Waals surface area contributed by atoms with E-state index in [2.05, 4.69) is 11.9 Å². The third kappa shape index (κ3) is 2.20. The summed E-state index contributed by atoms with van der Waals surface area (Å²) in [6.07, 6.45) is 3.72. The summed E-state index contributed by atoms with van der Waals surface area (Å²) in [6, 6.07) is 6.10. The molecule has 1 fully saturated rings. The quantitative estimate of drug-likeness (QED) is 0.642. The Hall–Kier alpha value is -1.71. The first-order valence-electron chi connectivity index (χ1n) is 5.84. The first-order chi connectivity index (χ1) is 8.13. The van der Waals surface area contributed by atoms with E-state index in [4.69, 9.17) is 10.5 Å². The number of methoxy groups -OCH3 is 1. The molecule has 2 N–H and O–H groups in total. The molecule has 1 aliphatic rings. The Labute approximate surface area is 101 Å².